The van der Waals surface area contributed by atoms with E-state index in [9.17, 15) is 19.6 Å². The van der Waals surface area contributed by atoms with Gasteiger partial charge in [0, 0.05) is 16.4 Å². The van der Waals surface area contributed by atoms with Gasteiger partial charge >= 0.3 is 5.97 Å². The fourth-order valence-corrected chi connectivity index (χ4v) is 7.88. The number of hydrogen-bond acceptors (Lipinski definition) is 6. The lowest BCUT2D eigenvalue weighted by Gasteiger charge is -2.38. The number of carbonyl (C=O) groups is 3. The number of aryl methyl sites for hydroxylation is 2. The number of allylic oxidation sites excluding steroid dienone is 1. The number of nitrogens with zero attached hydrogens (tertiary/aromatic N) is 2. The monoisotopic (exact) mass is 506 g/mol. The topological polar surface area (TPSA) is 87.5 Å². The van der Waals surface area contributed by atoms with Crippen LogP contribution in [0, 0.1) is 36.0 Å². The number of anilines is 1. The second-order valence-corrected chi connectivity index (χ2v) is 11.3. The van der Waals surface area contributed by atoms with Crippen LogP contribution in [-0.2, 0) is 27.2 Å². The van der Waals surface area contributed by atoms with Gasteiger partial charge in [0.25, 0.3) is 0 Å². The van der Waals surface area contributed by atoms with Crippen LogP contribution < -0.4 is 9.64 Å². The summed E-state index contributed by atoms with van der Waals surface area (Å²) in [5, 5.41) is 10.4. The number of esters is 1. The van der Waals surface area contributed by atoms with Crippen molar-refractivity contribution in [2.24, 2.45) is 17.8 Å². The second kappa shape index (κ2) is 7.99. The van der Waals surface area contributed by atoms with Crippen LogP contribution in [0.3, 0.4) is 0 Å². The minimum atomic E-state index is -0.900. The molecule has 1 fully saturated rings. The zero-order valence-electron chi connectivity index (χ0n) is 20.1. The Labute approximate surface area is 217 Å². The highest BCUT2D eigenvalue weighted by atomic mass is 32.1. The molecule has 6 nitrogen and oxygen atoms in total. The van der Waals surface area contributed by atoms with Gasteiger partial charge in [0.05, 0.1) is 23.3 Å². The van der Waals surface area contributed by atoms with Gasteiger partial charge in [-0.25, -0.2) is 4.90 Å². The number of rotatable bonds is 2. The van der Waals surface area contributed by atoms with Crippen molar-refractivity contribution in [1.82, 2.24) is 0 Å². The highest BCUT2D eigenvalue weighted by molar-refractivity contribution is 7.17. The van der Waals surface area contributed by atoms with Crippen molar-refractivity contribution in [3.05, 3.63) is 87.3 Å². The van der Waals surface area contributed by atoms with E-state index in [2.05, 4.69) is 6.07 Å². The maximum Gasteiger partial charge on any atom is 0.319 e. The molecule has 2 amide bonds. The quantitative estimate of drug-likeness (QED) is 0.279. The van der Waals surface area contributed by atoms with Gasteiger partial charge in [-0.15, -0.1) is 11.3 Å². The molecule has 0 spiro atoms. The van der Waals surface area contributed by atoms with Gasteiger partial charge in [-0.2, -0.15) is 5.26 Å². The van der Waals surface area contributed by atoms with E-state index in [-0.39, 0.29) is 5.91 Å². The average molecular weight is 507 g/mol. The van der Waals surface area contributed by atoms with Crippen LogP contribution in [0.2, 0.25) is 0 Å². The molecule has 1 saturated heterocycles. The Hall–Kier alpha value is -4.02. The van der Waals surface area contributed by atoms with Crippen LogP contribution in [0.25, 0.3) is 5.57 Å². The summed E-state index contributed by atoms with van der Waals surface area (Å²) in [6, 6.07) is 17.6. The molecule has 4 aliphatic rings. The minimum Gasteiger partial charge on any atom is -0.425 e. The fraction of sp³-hybridized carbons (Fsp3) is 0.267. The molecule has 2 aliphatic carbocycles. The van der Waals surface area contributed by atoms with Crippen LogP contribution in [0.4, 0.5) is 5.00 Å². The highest BCUT2D eigenvalue weighted by Gasteiger charge is 2.61. The van der Waals surface area contributed by atoms with E-state index in [4.69, 9.17) is 4.74 Å². The van der Waals surface area contributed by atoms with Crippen LogP contribution in [0.15, 0.2) is 54.6 Å². The van der Waals surface area contributed by atoms with Gasteiger partial charge in [0.1, 0.15) is 16.8 Å². The number of ether oxygens (including phenoxy) is 1. The summed E-state index contributed by atoms with van der Waals surface area (Å²) in [7, 11) is 0. The number of nitriles is 1. The van der Waals surface area contributed by atoms with Crippen LogP contribution in [0.1, 0.15) is 45.0 Å². The maximum absolute atomic E-state index is 14.2. The molecule has 4 atom stereocenters. The molecule has 7 rings (SSSR count). The summed E-state index contributed by atoms with van der Waals surface area (Å²) in [5.41, 5.74) is 4.77. The molecule has 0 unspecified atom stereocenters. The zero-order valence-corrected chi connectivity index (χ0v) is 20.9. The standard InChI is InChI=1S/C30H22N2O4S/c1-15-10-11-17-20-13-19(16-6-3-2-4-7-16)24-26(25(20)30(35)36-22(17)12-15)28(34)32(27(24)33)29-21(14-31)18-8-5-9-23(18)37-29/h2-4,6-7,10-13,19,24-26H,5,8-9H2,1H3/t19-,24-,25-,26-/m1/s1. The van der Waals surface area contributed by atoms with Gasteiger partial charge in [-0.3, -0.25) is 14.4 Å². The Morgan fingerprint density at radius 2 is 1.81 bits per heavy atom. The molecule has 3 aromatic rings. The van der Waals surface area contributed by atoms with Crippen LogP contribution in [-0.4, -0.2) is 17.8 Å². The molecule has 0 bridgehead atoms. The lowest BCUT2D eigenvalue weighted by Crippen LogP contribution is -2.42. The SMILES string of the molecule is Cc1ccc2c(c1)OC(=O)[C@@H]1C2=C[C@H](c2ccccc2)[C@H]2C(=O)N(c3sc4c(c3C#N)CCC4)C(=O)[C@@H]12. The molecule has 2 aliphatic heterocycles. The molecule has 7 heteroatoms. The molecule has 3 heterocycles. The average Bonchev–Trinajstić information content (AvgIpc) is 3.55. The van der Waals surface area contributed by atoms with Crippen molar-refractivity contribution in [2.45, 2.75) is 32.1 Å². The van der Waals surface area contributed by atoms with Crippen molar-refractivity contribution in [1.29, 1.82) is 5.26 Å². The summed E-state index contributed by atoms with van der Waals surface area (Å²) < 4.78 is 5.74. The molecular weight excluding hydrogens is 484 g/mol. The molecule has 0 radical (unpaired) electrons. The number of thiophene rings is 1. The van der Waals surface area contributed by atoms with Gasteiger partial charge in [0.2, 0.25) is 11.8 Å². The first-order valence-corrected chi connectivity index (χ1v) is 13.3. The Balaban J connectivity index is 1.42. The van der Waals surface area contributed by atoms with E-state index in [1.54, 1.807) is 0 Å². The Kier molecular flexibility index (Phi) is 4.79. The van der Waals surface area contributed by atoms with Gasteiger partial charge in [-0.05, 0) is 54.5 Å². The molecule has 2 aromatic carbocycles. The van der Waals surface area contributed by atoms with Crippen molar-refractivity contribution in [3.8, 4) is 11.8 Å². The summed E-state index contributed by atoms with van der Waals surface area (Å²) in [6.07, 6.45) is 4.59. The van der Waals surface area contributed by atoms with E-state index in [1.807, 2.05) is 61.5 Å². The second-order valence-electron chi connectivity index (χ2n) is 10.2. The highest BCUT2D eigenvalue weighted by Crippen LogP contribution is 2.56. The summed E-state index contributed by atoms with van der Waals surface area (Å²) in [6.45, 7) is 1.93. The molecule has 1 aromatic heterocycles. The molecular formula is C30H22N2O4S. The fourth-order valence-electron chi connectivity index (χ4n) is 6.53. The molecule has 37 heavy (non-hydrogen) atoms. The van der Waals surface area contributed by atoms with Crippen molar-refractivity contribution < 1.29 is 19.1 Å². The summed E-state index contributed by atoms with van der Waals surface area (Å²) in [5.74, 6) is -3.73. The van der Waals surface area contributed by atoms with Crippen LogP contribution in [0.5, 0.6) is 5.75 Å². The zero-order chi connectivity index (χ0) is 25.4. The van der Waals surface area contributed by atoms with Crippen molar-refractivity contribution in [3.63, 3.8) is 0 Å². The first kappa shape index (κ1) is 22.2. The van der Waals surface area contributed by atoms with Gasteiger partial charge in [0.15, 0.2) is 0 Å². The number of carbonyl (C=O) groups excluding carboxylic acids is 3. The third-order valence-corrected chi connectivity index (χ3v) is 9.43. The summed E-state index contributed by atoms with van der Waals surface area (Å²) in [4.78, 5) is 44.0. The predicted octanol–water partition coefficient (Wildman–Crippen LogP) is 4.94. The molecule has 0 saturated carbocycles. The van der Waals surface area contributed by atoms with Crippen LogP contribution >= 0.6 is 11.3 Å². The van der Waals surface area contributed by atoms with Gasteiger partial charge < -0.3 is 4.74 Å². The number of hydrogen-bond donors (Lipinski definition) is 0. The number of fused-ring (bicyclic) bond motifs is 6. The predicted molar refractivity (Wildman–Crippen MR) is 138 cm³/mol. The third kappa shape index (κ3) is 3.06. The first-order chi connectivity index (χ1) is 18.0. The van der Waals surface area contributed by atoms with Crippen molar-refractivity contribution >= 4 is 39.7 Å². The maximum atomic E-state index is 14.2. The smallest absolute Gasteiger partial charge is 0.319 e. The number of amides is 2. The van der Waals surface area contributed by atoms with Gasteiger partial charge in [-0.1, -0.05) is 48.5 Å². The van der Waals surface area contributed by atoms with E-state index in [1.165, 1.54) is 16.2 Å². The Bertz CT molecular complexity index is 1600. The van der Waals surface area contributed by atoms with Crippen molar-refractivity contribution in [2.75, 3.05) is 4.90 Å². The Morgan fingerprint density at radius 3 is 2.59 bits per heavy atom. The number of benzene rings is 2. The number of imide groups is 1. The lowest BCUT2D eigenvalue weighted by molar-refractivity contribution is -0.142. The van der Waals surface area contributed by atoms with E-state index in [0.29, 0.717) is 16.3 Å². The molecule has 0 N–H and O–H groups in total. The summed E-state index contributed by atoms with van der Waals surface area (Å²) >= 11 is 1.37. The minimum absolute atomic E-state index is 0.349. The Morgan fingerprint density at radius 1 is 1.03 bits per heavy atom. The molecule has 182 valence electrons. The largest absolute Gasteiger partial charge is 0.425 e. The van der Waals surface area contributed by atoms with E-state index in [0.717, 1.165) is 52.0 Å². The first-order valence-electron chi connectivity index (χ1n) is 12.5. The lowest BCUT2D eigenvalue weighted by atomic mass is 9.64. The normalized spacial score (nSPS) is 25.6. The van der Waals surface area contributed by atoms with E-state index < -0.39 is 35.5 Å². The van der Waals surface area contributed by atoms with E-state index >= 15 is 0 Å². The third-order valence-electron chi connectivity index (χ3n) is 8.15.